The number of benzene rings is 1. The molecule has 1 aliphatic carbocycles. The van der Waals surface area contributed by atoms with Crippen molar-refractivity contribution in [1.29, 1.82) is 5.26 Å². The van der Waals surface area contributed by atoms with E-state index in [-0.39, 0.29) is 5.56 Å². The summed E-state index contributed by atoms with van der Waals surface area (Å²) in [5, 5.41) is 19.8. The Balaban J connectivity index is 2.36. The SMILES string of the molecule is CC1CCC(C#N)(C(O)c2ccc(Br)cc2F)C1. The molecular weight excluding hydrogens is 297 g/mol. The molecule has 1 aromatic rings. The molecule has 4 heteroatoms. The van der Waals surface area contributed by atoms with Crippen LogP contribution in [0.2, 0.25) is 0 Å². The summed E-state index contributed by atoms with van der Waals surface area (Å²) >= 11 is 3.18. The predicted octanol–water partition coefficient (Wildman–Crippen LogP) is 3.95. The summed E-state index contributed by atoms with van der Waals surface area (Å²) in [7, 11) is 0. The predicted molar refractivity (Wildman–Crippen MR) is 70.1 cm³/mol. The van der Waals surface area contributed by atoms with Crippen LogP contribution in [0.5, 0.6) is 0 Å². The summed E-state index contributed by atoms with van der Waals surface area (Å²) in [5.74, 6) is -0.0659. The van der Waals surface area contributed by atoms with E-state index in [1.54, 1.807) is 12.1 Å². The highest BCUT2D eigenvalue weighted by molar-refractivity contribution is 9.10. The maximum absolute atomic E-state index is 13.9. The molecule has 2 rings (SSSR count). The maximum Gasteiger partial charge on any atom is 0.130 e. The zero-order valence-corrected chi connectivity index (χ0v) is 11.7. The molecular formula is C14H15BrFNO. The second-order valence-electron chi connectivity index (χ2n) is 5.18. The third kappa shape index (κ3) is 2.30. The van der Waals surface area contributed by atoms with Crippen LogP contribution in [0.15, 0.2) is 22.7 Å². The molecule has 1 N–H and O–H groups in total. The highest BCUT2D eigenvalue weighted by atomic mass is 79.9. The Morgan fingerprint density at radius 2 is 2.33 bits per heavy atom. The molecule has 1 aliphatic rings. The van der Waals surface area contributed by atoms with E-state index in [4.69, 9.17) is 0 Å². The van der Waals surface area contributed by atoms with Crippen molar-refractivity contribution in [2.24, 2.45) is 11.3 Å². The molecule has 3 atom stereocenters. The van der Waals surface area contributed by atoms with Gasteiger partial charge in [0.05, 0.1) is 11.5 Å². The normalized spacial score (nSPS) is 28.9. The van der Waals surface area contributed by atoms with Crippen LogP contribution in [-0.2, 0) is 0 Å². The summed E-state index contributed by atoms with van der Waals surface area (Å²) in [6.07, 6.45) is 1.10. The lowest BCUT2D eigenvalue weighted by Crippen LogP contribution is -2.25. The highest BCUT2D eigenvalue weighted by Crippen LogP contribution is 2.49. The quantitative estimate of drug-likeness (QED) is 0.898. The molecule has 0 saturated heterocycles. The number of aliphatic hydroxyl groups excluding tert-OH is 1. The van der Waals surface area contributed by atoms with Gasteiger partial charge in [0, 0.05) is 10.0 Å². The zero-order chi connectivity index (χ0) is 13.3. The molecule has 0 heterocycles. The first-order chi connectivity index (χ1) is 8.48. The number of aliphatic hydroxyl groups is 1. The molecule has 1 fully saturated rings. The van der Waals surface area contributed by atoms with Crippen LogP contribution in [-0.4, -0.2) is 5.11 Å². The van der Waals surface area contributed by atoms with Crippen molar-refractivity contribution in [3.05, 3.63) is 34.1 Å². The summed E-state index contributed by atoms with van der Waals surface area (Å²) < 4.78 is 14.5. The number of halogens is 2. The van der Waals surface area contributed by atoms with Gasteiger partial charge < -0.3 is 5.11 Å². The molecule has 0 radical (unpaired) electrons. The Bertz CT molecular complexity index is 499. The first-order valence-corrected chi connectivity index (χ1v) is 6.82. The molecule has 1 saturated carbocycles. The van der Waals surface area contributed by atoms with E-state index in [1.807, 2.05) is 0 Å². The van der Waals surface area contributed by atoms with Crippen LogP contribution in [0.25, 0.3) is 0 Å². The number of nitrogens with zero attached hydrogens (tertiary/aromatic N) is 1. The van der Waals surface area contributed by atoms with Gasteiger partial charge in [-0.25, -0.2) is 4.39 Å². The van der Waals surface area contributed by atoms with Gasteiger partial charge in [0.15, 0.2) is 0 Å². The van der Waals surface area contributed by atoms with Gasteiger partial charge in [-0.05, 0) is 37.3 Å². The Morgan fingerprint density at radius 3 is 2.83 bits per heavy atom. The lowest BCUT2D eigenvalue weighted by molar-refractivity contribution is 0.0615. The van der Waals surface area contributed by atoms with Crippen molar-refractivity contribution in [2.75, 3.05) is 0 Å². The molecule has 0 aliphatic heterocycles. The zero-order valence-electron chi connectivity index (χ0n) is 10.2. The summed E-state index contributed by atoms with van der Waals surface area (Å²) in [6, 6.07) is 6.77. The summed E-state index contributed by atoms with van der Waals surface area (Å²) in [5.41, 5.74) is -0.623. The van der Waals surface area contributed by atoms with E-state index in [2.05, 4.69) is 28.9 Å². The Kier molecular flexibility index (Phi) is 3.74. The van der Waals surface area contributed by atoms with Crippen LogP contribution < -0.4 is 0 Å². The largest absolute Gasteiger partial charge is 0.387 e. The first kappa shape index (κ1) is 13.5. The highest BCUT2D eigenvalue weighted by Gasteiger charge is 2.45. The van der Waals surface area contributed by atoms with Gasteiger partial charge in [0.2, 0.25) is 0 Å². The van der Waals surface area contributed by atoms with E-state index in [0.29, 0.717) is 23.2 Å². The van der Waals surface area contributed by atoms with Crippen molar-refractivity contribution in [2.45, 2.75) is 32.3 Å². The Labute approximate surface area is 115 Å². The number of nitriles is 1. The molecule has 3 unspecified atom stereocenters. The number of hydrogen-bond donors (Lipinski definition) is 1. The molecule has 96 valence electrons. The van der Waals surface area contributed by atoms with Crippen molar-refractivity contribution in [1.82, 2.24) is 0 Å². The van der Waals surface area contributed by atoms with E-state index in [0.717, 1.165) is 6.42 Å². The van der Waals surface area contributed by atoms with Crippen LogP contribution >= 0.6 is 15.9 Å². The fourth-order valence-electron chi connectivity index (χ4n) is 2.76. The minimum absolute atomic E-state index is 0.217. The lowest BCUT2D eigenvalue weighted by Gasteiger charge is -2.27. The van der Waals surface area contributed by atoms with Crippen molar-refractivity contribution >= 4 is 15.9 Å². The average Bonchev–Trinajstić information content (AvgIpc) is 2.71. The van der Waals surface area contributed by atoms with Gasteiger partial charge in [0.25, 0.3) is 0 Å². The number of rotatable bonds is 2. The molecule has 0 amide bonds. The van der Waals surface area contributed by atoms with E-state index < -0.39 is 17.3 Å². The lowest BCUT2D eigenvalue weighted by atomic mass is 9.78. The van der Waals surface area contributed by atoms with Crippen molar-refractivity contribution in [3.8, 4) is 6.07 Å². The number of hydrogen-bond acceptors (Lipinski definition) is 2. The maximum atomic E-state index is 13.9. The van der Waals surface area contributed by atoms with Crippen LogP contribution in [0.3, 0.4) is 0 Å². The van der Waals surface area contributed by atoms with Crippen LogP contribution in [0, 0.1) is 28.5 Å². The molecule has 0 bridgehead atoms. The van der Waals surface area contributed by atoms with E-state index in [1.165, 1.54) is 6.07 Å². The van der Waals surface area contributed by atoms with E-state index in [9.17, 15) is 14.8 Å². The first-order valence-electron chi connectivity index (χ1n) is 6.03. The minimum Gasteiger partial charge on any atom is -0.387 e. The van der Waals surface area contributed by atoms with Gasteiger partial charge in [-0.3, -0.25) is 0 Å². The molecule has 1 aromatic carbocycles. The smallest absolute Gasteiger partial charge is 0.130 e. The second kappa shape index (κ2) is 4.99. The van der Waals surface area contributed by atoms with Crippen LogP contribution in [0.4, 0.5) is 4.39 Å². The molecule has 0 aromatic heterocycles. The van der Waals surface area contributed by atoms with Gasteiger partial charge in [0.1, 0.15) is 11.9 Å². The fourth-order valence-corrected chi connectivity index (χ4v) is 3.10. The van der Waals surface area contributed by atoms with Crippen LogP contribution in [0.1, 0.15) is 37.9 Å². The molecule has 18 heavy (non-hydrogen) atoms. The Hall–Kier alpha value is -0.920. The third-order valence-corrected chi connectivity index (χ3v) is 4.29. The van der Waals surface area contributed by atoms with Crippen molar-refractivity contribution < 1.29 is 9.50 Å². The standard InChI is InChI=1S/C14H15BrFNO/c1-9-4-5-14(7-9,8-17)13(18)11-3-2-10(15)6-12(11)16/h2-3,6,9,13,18H,4-5,7H2,1H3. The fraction of sp³-hybridized carbons (Fsp3) is 0.500. The monoisotopic (exact) mass is 311 g/mol. The van der Waals surface area contributed by atoms with E-state index >= 15 is 0 Å². The van der Waals surface area contributed by atoms with Crippen molar-refractivity contribution in [3.63, 3.8) is 0 Å². The van der Waals surface area contributed by atoms with Gasteiger partial charge in [-0.15, -0.1) is 0 Å². The summed E-state index contributed by atoms with van der Waals surface area (Å²) in [4.78, 5) is 0. The van der Waals surface area contributed by atoms with Gasteiger partial charge in [-0.2, -0.15) is 5.26 Å². The summed E-state index contributed by atoms with van der Waals surface area (Å²) in [6.45, 7) is 2.06. The topological polar surface area (TPSA) is 44.0 Å². The van der Waals surface area contributed by atoms with Gasteiger partial charge >= 0.3 is 0 Å². The average molecular weight is 312 g/mol. The molecule has 0 spiro atoms. The molecule has 2 nitrogen and oxygen atoms in total. The third-order valence-electron chi connectivity index (χ3n) is 3.80. The minimum atomic E-state index is -1.06. The Morgan fingerprint density at radius 1 is 1.61 bits per heavy atom. The van der Waals surface area contributed by atoms with Gasteiger partial charge in [-0.1, -0.05) is 28.9 Å². The second-order valence-corrected chi connectivity index (χ2v) is 6.10.